The van der Waals surface area contributed by atoms with Crippen molar-refractivity contribution in [2.75, 3.05) is 0 Å². The van der Waals surface area contributed by atoms with E-state index in [0.717, 1.165) is 0 Å². The average molecular weight is 275 g/mol. The third kappa shape index (κ3) is 1.95. The van der Waals surface area contributed by atoms with Crippen molar-refractivity contribution in [3.63, 3.8) is 0 Å². The number of hydrogen-bond acceptors (Lipinski definition) is 1. The smallest absolute Gasteiger partial charge is 0.184 e. The lowest BCUT2D eigenvalue weighted by Gasteiger charge is -2.13. The first kappa shape index (κ1) is 9.46. The van der Waals surface area contributed by atoms with E-state index in [4.69, 9.17) is 5.26 Å². The summed E-state index contributed by atoms with van der Waals surface area (Å²) in [6, 6.07) is 8.66. The summed E-state index contributed by atoms with van der Waals surface area (Å²) in [6.45, 7) is 1.43. The molecule has 62 valence electrons. The minimum absolute atomic E-state index is 0.400. The summed E-state index contributed by atoms with van der Waals surface area (Å²) >= 11 is 1.67. The van der Waals surface area contributed by atoms with E-state index in [2.05, 4.69) is 0 Å². The van der Waals surface area contributed by atoms with Crippen LogP contribution in [0.4, 0.5) is 4.39 Å². The topological polar surface area (TPSA) is 23.8 Å². The van der Waals surface area contributed by atoms with Gasteiger partial charge in [-0.25, -0.2) is 4.39 Å². The van der Waals surface area contributed by atoms with Crippen LogP contribution in [0.15, 0.2) is 24.3 Å². The zero-order valence-electron chi connectivity index (χ0n) is 6.51. The summed E-state index contributed by atoms with van der Waals surface area (Å²) in [4.78, 5) is 0. The van der Waals surface area contributed by atoms with Crippen molar-refractivity contribution < 1.29 is 4.39 Å². The maximum Gasteiger partial charge on any atom is 0.184 e. The fourth-order valence-corrected chi connectivity index (χ4v) is 1.43. The third-order valence-electron chi connectivity index (χ3n) is 1.52. The molecule has 0 aromatic heterocycles. The van der Waals surface area contributed by atoms with Gasteiger partial charge in [0, 0.05) is 5.56 Å². The van der Waals surface area contributed by atoms with Crippen molar-refractivity contribution in [1.29, 1.82) is 5.26 Å². The lowest BCUT2D eigenvalue weighted by Crippen LogP contribution is -2.06. The van der Waals surface area contributed by atoms with Gasteiger partial charge < -0.3 is 0 Å². The fourth-order valence-electron chi connectivity index (χ4n) is 0.963. The summed E-state index contributed by atoms with van der Waals surface area (Å²) < 4.78 is 11.9. The van der Waals surface area contributed by atoms with E-state index < -0.39 is 3.68 Å². The van der Waals surface area contributed by atoms with Crippen LogP contribution in [0.1, 0.15) is 18.1 Å². The van der Waals surface area contributed by atoms with Crippen molar-refractivity contribution in [2.24, 2.45) is 0 Å². The summed E-state index contributed by atoms with van der Waals surface area (Å²) in [7, 11) is 0. The molecule has 1 nitrogen and oxygen atoms in total. The summed E-state index contributed by atoms with van der Waals surface area (Å²) in [6.07, 6.45) is 0. The van der Waals surface area contributed by atoms with E-state index in [1.165, 1.54) is 6.92 Å². The van der Waals surface area contributed by atoms with Crippen molar-refractivity contribution >= 4 is 22.6 Å². The highest BCUT2D eigenvalue weighted by molar-refractivity contribution is 14.1. The van der Waals surface area contributed by atoms with Gasteiger partial charge in [0.1, 0.15) is 0 Å². The Kier molecular flexibility index (Phi) is 2.68. The minimum Gasteiger partial charge on any atom is -0.227 e. The lowest BCUT2D eigenvalue weighted by molar-refractivity contribution is 0.349. The average Bonchev–Trinajstić information content (AvgIpc) is 2.03. The van der Waals surface area contributed by atoms with Crippen LogP contribution in [-0.2, 0) is 3.68 Å². The SMILES string of the molecule is CC(F)(I)c1ccccc1C#N. The highest BCUT2D eigenvalue weighted by atomic mass is 127. The van der Waals surface area contributed by atoms with Gasteiger partial charge >= 0.3 is 0 Å². The Bertz CT molecular complexity index is 322. The number of rotatable bonds is 1. The van der Waals surface area contributed by atoms with Crippen molar-refractivity contribution in [2.45, 2.75) is 10.6 Å². The molecule has 0 amide bonds. The van der Waals surface area contributed by atoms with Crippen LogP contribution >= 0.6 is 22.6 Å². The van der Waals surface area contributed by atoms with Crippen LogP contribution < -0.4 is 0 Å². The van der Waals surface area contributed by atoms with Gasteiger partial charge in [0.2, 0.25) is 0 Å². The Morgan fingerprint density at radius 3 is 2.50 bits per heavy atom. The number of halogens is 2. The number of benzene rings is 1. The van der Waals surface area contributed by atoms with Gasteiger partial charge in [-0.15, -0.1) is 0 Å². The van der Waals surface area contributed by atoms with E-state index in [1.54, 1.807) is 46.9 Å². The third-order valence-corrected chi connectivity index (χ3v) is 2.10. The van der Waals surface area contributed by atoms with E-state index in [9.17, 15) is 4.39 Å². The zero-order valence-corrected chi connectivity index (χ0v) is 8.67. The van der Waals surface area contributed by atoms with E-state index in [-0.39, 0.29) is 0 Å². The molecule has 0 aliphatic rings. The summed E-state index contributed by atoms with van der Waals surface area (Å²) in [5.74, 6) is 0. The molecule has 1 aromatic rings. The van der Waals surface area contributed by atoms with Gasteiger partial charge in [-0.1, -0.05) is 18.2 Å². The molecule has 1 rings (SSSR count). The number of nitrogens with zero attached hydrogens (tertiary/aromatic N) is 1. The van der Waals surface area contributed by atoms with Gasteiger partial charge in [-0.05, 0) is 35.6 Å². The fraction of sp³-hybridized carbons (Fsp3) is 0.222. The summed E-state index contributed by atoms with van der Waals surface area (Å²) in [5.41, 5.74) is 0.838. The maximum absolute atomic E-state index is 13.4. The summed E-state index contributed by atoms with van der Waals surface area (Å²) in [5, 5.41) is 8.66. The molecule has 1 unspecified atom stereocenters. The quantitative estimate of drug-likeness (QED) is 0.570. The molecule has 0 fully saturated rings. The number of alkyl halides is 2. The Balaban J connectivity index is 3.26. The molecule has 3 heteroatoms. The molecule has 1 atom stereocenters. The van der Waals surface area contributed by atoms with E-state index in [1.807, 2.05) is 6.07 Å². The van der Waals surface area contributed by atoms with Crippen molar-refractivity contribution in [3.8, 4) is 6.07 Å². The van der Waals surface area contributed by atoms with Crippen LogP contribution in [0.3, 0.4) is 0 Å². The Morgan fingerprint density at radius 2 is 2.08 bits per heavy atom. The first-order valence-electron chi connectivity index (χ1n) is 3.43. The van der Waals surface area contributed by atoms with Gasteiger partial charge in [-0.2, -0.15) is 5.26 Å². The first-order valence-corrected chi connectivity index (χ1v) is 4.51. The minimum atomic E-state index is -1.47. The molecule has 0 bridgehead atoms. The number of hydrogen-bond donors (Lipinski definition) is 0. The van der Waals surface area contributed by atoms with Crippen LogP contribution in [0.25, 0.3) is 0 Å². The maximum atomic E-state index is 13.4. The monoisotopic (exact) mass is 275 g/mol. The van der Waals surface area contributed by atoms with Crippen molar-refractivity contribution in [3.05, 3.63) is 35.4 Å². The van der Waals surface area contributed by atoms with Gasteiger partial charge in [0.05, 0.1) is 11.6 Å². The predicted octanol–water partition coefficient (Wildman–Crippen LogP) is 3.14. The predicted molar refractivity (Wildman–Crippen MR) is 53.6 cm³/mol. The van der Waals surface area contributed by atoms with Gasteiger partial charge in [0.25, 0.3) is 0 Å². The second-order valence-electron chi connectivity index (χ2n) is 2.55. The second kappa shape index (κ2) is 3.40. The second-order valence-corrected chi connectivity index (χ2v) is 4.57. The molecular formula is C9H7FIN. The van der Waals surface area contributed by atoms with Crippen LogP contribution in [-0.4, -0.2) is 0 Å². The molecule has 12 heavy (non-hydrogen) atoms. The number of nitriles is 1. The van der Waals surface area contributed by atoms with E-state index in [0.29, 0.717) is 11.1 Å². The molecule has 0 radical (unpaired) electrons. The van der Waals surface area contributed by atoms with Crippen LogP contribution in [0, 0.1) is 11.3 Å². The Hall–Kier alpha value is -0.630. The highest BCUT2D eigenvalue weighted by Crippen LogP contribution is 2.34. The molecule has 1 aromatic carbocycles. The zero-order chi connectivity index (χ0) is 9.19. The first-order chi connectivity index (χ1) is 5.55. The molecule has 0 N–H and O–H groups in total. The molecule has 0 spiro atoms. The molecule has 0 saturated heterocycles. The normalized spacial score (nSPS) is 14.8. The molecular weight excluding hydrogens is 268 g/mol. The van der Waals surface area contributed by atoms with E-state index >= 15 is 0 Å². The van der Waals surface area contributed by atoms with Gasteiger partial charge in [-0.3, -0.25) is 0 Å². The molecule has 0 aliphatic heterocycles. The van der Waals surface area contributed by atoms with Crippen molar-refractivity contribution in [1.82, 2.24) is 0 Å². The molecule has 0 saturated carbocycles. The molecule has 0 aliphatic carbocycles. The van der Waals surface area contributed by atoms with Gasteiger partial charge in [0.15, 0.2) is 3.68 Å². The lowest BCUT2D eigenvalue weighted by atomic mass is 10.1. The Morgan fingerprint density at radius 1 is 1.50 bits per heavy atom. The highest BCUT2D eigenvalue weighted by Gasteiger charge is 2.23. The van der Waals surface area contributed by atoms with Crippen LogP contribution in [0.2, 0.25) is 0 Å². The Labute approximate surface area is 84.3 Å². The molecule has 0 heterocycles. The van der Waals surface area contributed by atoms with Crippen LogP contribution in [0.5, 0.6) is 0 Å². The standard InChI is InChI=1S/C9H7FIN/c1-9(10,11)8-5-3-2-4-7(8)6-12/h2-5H,1H3. The largest absolute Gasteiger partial charge is 0.227 e.